The van der Waals surface area contributed by atoms with Gasteiger partial charge in [-0.1, -0.05) is 13.8 Å². The van der Waals surface area contributed by atoms with Crippen molar-refractivity contribution < 1.29 is 9.90 Å². The zero-order chi connectivity index (χ0) is 13.8. The Hall–Kier alpha value is -0.650. The second kappa shape index (κ2) is 6.50. The molecule has 0 aromatic heterocycles. The van der Waals surface area contributed by atoms with Gasteiger partial charge in [0.2, 0.25) is 0 Å². The van der Waals surface area contributed by atoms with E-state index in [-0.39, 0.29) is 0 Å². The van der Waals surface area contributed by atoms with Crippen LogP contribution in [0.5, 0.6) is 0 Å². The van der Waals surface area contributed by atoms with Crippen LogP contribution in [0.15, 0.2) is 0 Å². The Labute approximate surface area is 110 Å². The third-order valence-corrected chi connectivity index (χ3v) is 3.91. The first-order chi connectivity index (χ1) is 8.42. The topological polar surface area (TPSA) is 55.8 Å². The van der Waals surface area contributed by atoms with Gasteiger partial charge in [0.05, 0.1) is 0 Å². The van der Waals surface area contributed by atoms with Gasteiger partial charge in [0.15, 0.2) is 0 Å². The van der Waals surface area contributed by atoms with E-state index in [0.717, 1.165) is 26.1 Å². The Morgan fingerprint density at radius 2 is 2.11 bits per heavy atom. The highest BCUT2D eigenvalue weighted by Gasteiger charge is 2.36. The molecule has 2 unspecified atom stereocenters. The molecule has 0 aromatic carbocycles. The number of likely N-dealkylation sites (N-methyl/N-ethyl adjacent to an activating group) is 2. The maximum Gasteiger partial charge on any atom is 0.324 e. The van der Waals surface area contributed by atoms with Gasteiger partial charge in [-0.25, -0.2) is 0 Å². The Morgan fingerprint density at radius 3 is 2.61 bits per heavy atom. The predicted molar refractivity (Wildman–Crippen MR) is 72.9 cm³/mol. The van der Waals surface area contributed by atoms with Crippen LogP contribution in [0.2, 0.25) is 0 Å². The standard InChI is InChI=1S/C13H27N3O2/c1-5-11-9-16(8-7-15(11)4)10-13(3,12(17)18)14-6-2/h11,14H,5-10H2,1-4H3,(H,17,18). The van der Waals surface area contributed by atoms with Crippen LogP contribution in [0.1, 0.15) is 27.2 Å². The fraction of sp³-hybridized carbons (Fsp3) is 0.923. The van der Waals surface area contributed by atoms with Crippen molar-refractivity contribution in [3.05, 3.63) is 0 Å². The van der Waals surface area contributed by atoms with Gasteiger partial charge in [-0.2, -0.15) is 0 Å². The van der Waals surface area contributed by atoms with Crippen molar-refractivity contribution in [2.45, 2.75) is 38.8 Å². The molecule has 1 rings (SSSR count). The molecule has 18 heavy (non-hydrogen) atoms. The first-order valence-corrected chi connectivity index (χ1v) is 6.84. The van der Waals surface area contributed by atoms with Crippen LogP contribution in [-0.4, -0.2) is 72.2 Å². The molecule has 0 amide bonds. The van der Waals surface area contributed by atoms with Crippen LogP contribution in [0.4, 0.5) is 0 Å². The quantitative estimate of drug-likeness (QED) is 0.724. The Balaban J connectivity index is 2.62. The van der Waals surface area contributed by atoms with E-state index in [1.165, 1.54) is 0 Å². The summed E-state index contributed by atoms with van der Waals surface area (Å²) in [5.74, 6) is -0.767. The maximum atomic E-state index is 11.4. The average molecular weight is 257 g/mol. The number of hydrogen-bond donors (Lipinski definition) is 2. The minimum atomic E-state index is -0.844. The molecule has 1 aliphatic heterocycles. The second-order valence-corrected chi connectivity index (χ2v) is 5.45. The molecule has 0 bridgehead atoms. The maximum absolute atomic E-state index is 11.4. The number of nitrogens with zero attached hydrogens (tertiary/aromatic N) is 2. The summed E-state index contributed by atoms with van der Waals surface area (Å²) in [6.07, 6.45) is 1.11. The molecule has 1 saturated heterocycles. The highest BCUT2D eigenvalue weighted by Crippen LogP contribution is 2.14. The largest absolute Gasteiger partial charge is 0.480 e. The zero-order valence-corrected chi connectivity index (χ0v) is 12.1. The minimum absolute atomic E-state index is 0.540. The number of piperazine rings is 1. The number of carboxylic acids is 1. The fourth-order valence-corrected chi connectivity index (χ4v) is 2.63. The van der Waals surface area contributed by atoms with E-state index in [1.54, 1.807) is 6.92 Å². The normalized spacial score (nSPS) is 25.9. The van der Waals surface area contributed by atoms with Gasteiger partial charge in [-0.15, -0.1) is 0 Å². The van der Waals surface area contributed by atoms with Crippen molar-refractivity contribution in [2.24, 2.45) is 0 Å². The molecule has 0 radical (unpaired) electrons. The summed E-state index contributed by atoms with van der Waals surface area (Å²) in [5.41, 5.74) is -0.844. The van der Waals surface area contributed by atoms with E-state index in [2.05, 4.69) is 29.1 Å². The van der Waals surface area contributed by atoms with Crippen molar-refractivity contribution in [3.8, 4) is 0 Å². The molecule has 2 atom stereocenters. The molecule has 0 saturated carbocycles. The number of hydrogen-bond acceptors (Lipinski definition) is 4. The van der Waals surface area contributed by atoms with Crippen LogP contribution in [0.25, 0.3) is 0 Å². The van der Waals surface area contributed by atoms with Gasteiger partial charge >= 0.3 is 5.97 Å². The van der Waals surface area contributed by atoms with Gasteiger partial charge in [0.25, 0.3) is 0 Å². The lowest BCUT2D eigenvalue weighted by Crippen LogP contribution is -2.61. The first kappa shape index (κ1) is 15.4. The van der Waals surface area contributed by atoms with Gasteiger partial charge in [0, 0.05) is 32.2 Å². The van der Waals surface area contributed by atoms with E-state index in [4.69, 9.17) is 0 Å². The summed E-state index contributed by atoms with van der Waals surface area (Å²) in [6, 6.07) is 0.540. The number of aliphatic carboxylic acids is 1. The molecular formula is C13H27N3O2. The number of carbonyl (C=O) groups is 1. The molecule has 5 heteroatoms. The lowest BCUT2D eigenvalue weighted by Gasteiger charge is -2.42. The van der Waals surface area contributed by atoms with Gasteiger partial charge < -0.3 is 15.3 Å². The van der Waals surface area contributed by atoms with Gasteiger partial charge in [0.1, 0.15) is 5.54 Å². The number of carboxylic acid groups (broad SMARTS) is 1. The molecule has 0 aliphatic carbocycles. The second-order valence-electron chi connectivity index (χ2n) is 5.45. The van der Waals surface area contributed by atoms with E-state index < -0.39 is 11.5 Å². The third-order valence-electron chi connectivity index (χ3n) is 3.91. The fourth-order valence-electron chi connectivity index (χ4n) is 2.63. The Kier molecular flexibility index (Phi) is 5.56. The summed E-state index contributed by atoms with van der Waals surface area (Å²) in [4.78, 5) is 16.0. The zero-order valence-electron chi connectivity index (χ0n) is 12.1. The van der Waals surface area contributed by atoms with Crippen molar-refractivity contribution in [2.75, 3.05) is 39.8 Å². The molecule has 1 aliphatic rings. The molecule has 1 fully saturated rings. The van der Waals surface area contributed by atoms with E-state index in [1.807, 2.05) is 6.92 Å². The molecule has 0 spiro atoms. The molecule has 1 heterocycles. The summed E-state index contributed by atoms with van der Waals surface area (Å²) in [7, 11) is 2.15. The SMILES string of the molecule is CCNC(C)(CN1CCN(C)C(CC)C1)C(=O)O. The monoisotopic (exact) mass is 257 g/mol. The molecule has 106 valence electrons. The third kappa shape index (κ3) is 3.67. The van der Waals surface area contributed by atoms with Crippen LogP contribution in [0, 0.1) is 0 Å². The van der Waals surface area contributed by atoms with E-state index >= 15 is 0 Å². The predicted octanol–water partition coefficient (Wildman–Crippen LogP) is 0.465. The van der Waals surface area contributed by atoms with Gasteiger partial charge in [-0.3, -0.25) is 9.69 Å². The van der Waals surface area contributed by atoms with Gasteiger partial charge in [-0.05, 0) is 26.9 Å². The average Bonchev–Trinajstić information content (AvgIpc) is 2.31. The molecular weight excluding hydrogens is 230 g/mol. The van der Waals surface area contributed by atoms with Crippen molar-refractivity contribution in [3.63, 3.8) is 0 Å². The lowest BCUT2D eigenvalue weighted by atomic mass is 10.00. The molecule has 0 aromatic rings. The van der Waals surface area contributed by atoms with E-state index in [0.29, 0.717) is 19.1 Å². The highest BCUT2D eigenvalue weighted by molar-refractivity contribution is 5.78. The summed E-state index contributed by atoms with van der Waals surface area (Å²) >= 11 is 0. The number of rotatable bonds is 6. The van der Waals surface area contributed by atoms with Crippen LogP contribution in [-0.2, 0) is 4.79 Å². The van der Waals surface area contributed by atoms with Crippen molar-refractivity contribution in [1.82, 2.24) is 15.1 Å². The minimum Gasteiger partial charge on any atom is -0.480 e. The first-order valence-electron chi connectivity index (χ1n) is 6.84. The summed E-state index contributed by atoms with van der Waals surface area (Å²) in [5, 5.41) is 12.5. The highest BCUT2D eigenvalue weighted by atomic mass is 16.4. The van der Waals surface area contributed by atoms with Crippen LogP contribution in [0.3, 0.4) is 0 Å². The summed E-state index contributed by atoms with van der Waals surface area (Å²) < 4.78 is 0. The van der Waals surface area contributed by atoms with Crippen LogP contribution >= 0.6 is 0 Å². The Morgan fingerprint density at radius 1 is 1.44 bits per heavy atom. The lowest BCUT2D eigenvalue weighted by molar-refractivity contribution is -0.145. The molecule has 5 nitrogen and oxygen atoms in total. The number of nitrogens with one attached hydrogen (secondary N) is 1. The van der Waals surface area contributed by atoms with E-state index in [9.17, 15) is 9.90 Å². The van der Waals surface area contributed by atoms with Crippen molar-refractivity contribution >= 4 is 5.97 Å². The Bertz CT molecular complexity index is 285. The van der Waals surface area contributed by atoms with Crippen molar-refractivity contribution in [1.29, 1.82) is 0 Å². The molecule has 2 N–H and O–H groups in total. The van der Waals surface area contributed by atoms with Crippen LogP contribution < -0.4 is 5.32 Å². The summed E-state index contributed by atoms with van der Waals surface area (Å²) in [6.45, 7) is 10.1. The smallest absolute Gasteiger partial charge is 0.324 e.